The van der Waals surface area contributed by atoms with E-state index in [-0.39, 0.29) is 0 Å². The van der Waals surface area contributed by atoms with Crippen LogP contribution < -0.4 is 0 Å². The monoisotopic (exact) mass is 303 g/mol. The predicted molar refractivity (Wildman–Crippen MR) is 81.7 cm³/mol. The van der Waals surface area contributed by atoms with E-state index in [0.717, 1.165) is 32.5 Å². The molecule has 0 radical (unpaired) electrons. The molecule has 0 saturated carbocycles. The highest BCUT2D eigenvalue weighted by atomic mass is 32.2. The van der Waals surface area contributed by atoms with Crippen molar-refractivity contribution in [1.82, 2.24) is 13.5 Å². The van der Waals surface area contributed by atoms with Crippen LogP contribution in [-0.4, -0.2) is 67.7 Å². The van der Waals surface area contributed by atoms with Gasteiger partial charge in [-0.05, 0) is 37.8 Å². The number of rotatable bonds is 3. The van der Waals surface area contributed by atoms with Crippen LogP contribution in [0.5, 0.6) is 0 Å². The van der Waals surface area contributed by atoms with Crippen LogP contribution in [0.15, 0.2) is 0 Å². The van der Waals surface area contributed by atoms with E-state index in [9.17, 15) is 8.42 Å². The van der Waals surface area contributed by atoms with Crippen molar-refractivity contribution in [2.45, 2.75) is 33.6 Å². The number of nitrogens with zero attached hydrogens (tertiary/aromatic N) is 3. The number of piperidine rings is 1. The van der Waals surface area contributed by atoms with Crippen molar-refractivity contribution in [2.75, 3.05) is 45.8 Å². The molecule has 2 aliphatic rings. The van der Waals surface area contributed by atoms with Crippen LogP contribution >= 0.6 is 0 Å². The number of hydrogen-bond donors (Lipinski definition) is 0. The van der Waals surface area contributed by atoms with E-state index in [2.05, 4.69) is 25.7 Å². The maximum absolute atomic E-state index is 12.8. The first-order valence-corrected chi connectivity index (χ1v) is 9.30. The molecule has 5 nitrogen and oxygen atoms in total. The molecule has 2 saturated heterocycles. The van der Waals surface area contributed by atoms with Gasteiger partial charge in [0, 0.05) is 32.7 Å². The molecule has 0 N–H and O–H groups in total. The van der Waals surface area contributed by atoms with Crippen LogP contribution in [0.1, 0.15) is 33.6 Å². The van der Waals surface area contributed by atoms with Crippen LogP contribution in [-0.2, 0) is 10.2 Å². The molecule has 0 aromatic carbocycles. The van der Waals surface area contributed by atoms with Gasteiger partial charge in [0.2, 0.25) is 0 Å². The molecule has 2 heterocycles. The molecular formula is C14H29N3O2S. The van der Waals surface area contributed by atoms with Gasteiger partial charge in [-0.2, -0.15) is 17.0 Å². The highest BCUT2D eigenvalue weighted by Gasteiger charge is 2.35. The summed E-state index contributed by atoms with van der Waals surface area (Å²) in [7, 11) is -3.27. The summed E-state index contributed by atoms with van der Waals surface area (Å²) in [5, 5.41) is 0. The summed E-state index contributed by atoms with van der Waals surface area (Å²) in [6, 6.07) is 0. The summed E-state index contributed by atoms with van der Waals surface area (Å²) >= 11 is 0. The molecular weight excluding hydrogens is 274 g/mol. The lowest BCUT2D eigenvalue weighted by atomic mass is 9.94. The minimum Gasteiger partial charge on any atom is -0.302 e. The van der Waals surface area contributed by atoms with Gasteiger partial charge >= 0.3 is 0 Å². The van der Waals surface area contributed by atoms with Crippen molar-refractivity contribution in [3.05, 3.63) is 0 Å². The van der Waals surface area contributed by atoms with Crippen molar-refractivity contribution in [2.24, 2.45) is 11.8 Å². The lowest BCUT2D eigenvalue weighted by Gasteiger charge is -2.37. The minimum absolute atomic E-state index is 0.465. The van der Waals surface area contributed by atoms with E-state index in [1.807, 2.05) is 0 Å². The average molecular weight is 303 g/mol. The molecule has 2 aliphatic heterocycles. The zero-order chi connectivity index (χ0) is 14.8. The highest BCUT2D eigenvalue weighted by Crippen LogP contribution is 2.25. The molecule has 2 rings (SSSR count). The highest BCUT2D eigenvalue weighted by molar-refractivity contribution is 7.86. The maximum Gasteiger partial charge on any atom is 0.282 e. The Hall–Kier alpha value is -0.170. The van der Waals surface area contributed by atoms with Crippen LogP contribution in [0.25, 0.3) is 0 Å². The Morgan fingerprint density at radius 2 is 1.60 bits per heavy atom. The lowest BCUT2D eigenvalue weighted by Crippen LogP contribution is -2.50. The fourth-order valence-electron chi connectivity index (χ4n) is 3.45. The van der Waals surface area contributed by atoms with E-state index in [4.69, 9.17) is 0 Å². The van der Waals surface area contributed by atoms with Gasteiger partial charge in [-0.25, -0.2) is 0 Å². The first-order valence-electron chi connectivity index (χ1n) is 7.91. The van der Waals surface area contributed by atoms with Crippen LogP contribution in [0.3, 0.4) is 0 Å². The summed E-state index contributed by atoms with van der Waals surface area (Å²) in [5.41, 5.74) is 0. The van der Waals surface area contributed by atoms with Crippen molar-refractivity contribution >= 4 is 10.2 Å². The predicted octanol–water partition coefficient (Wildman–Crippen LogP) is 1.24. The van der Waals surface area contributed by atoms with Crippen molar-refractivity contribution in [3.63, 3.8) is 0 Å². The van der Waals surface area contributed by atoms with Gasteiger partial charge in [0.05, 0.1) is 0 Å². The van der Waals surface area contributed by atoms with Crippen LogP contribution in [0, 0.1) is 11.8 Å². The molecule has 2 fully saturated rings. The van der Waals surface area contributed by atoms with E-state index in [1.54, 1.807) is 8.61 Å². The molecule has 0 aliphatic carbocycles. The second kappa shape index (κ2) is 6.73. The SMILES string of the molecule is CCN1CCCN(S(=O)(=O)N2C[C@H](C)C[C@H](C)C2)CC1. The molecule has 0 bridgehead atoms. The second-order valence-electron chi connectivity index (χ2n) is 6.46. The van der Waals surface area contributed by atoms with Crippen molar-refractivity contribution < 1.29 is 8.42 Å². The van der Waals surface area contributed by atoms with E-state index in [0.29, 0.717) is 38.0 Å². The lowest BCUT2D eigenvalue weighted by molar-refractivity contribution is 0.208. The third-order valence-corrected chi connectivity index (χ3v) is 6.45. The van der Waals surface area contributed by atoms with Gasteiger partial charge < -0.3 is 4.90 Å². The number of hydrogen-bond acceptors (Lipinski definition) is 3. The molecule has 0 aromatic heterocycles. The van der Waals surface area contributed by atoms with Gasteiger partial charge in [-0.3, -0.25) is 0 Å². The molecule has 118 valence electrons. The molecule has 0 aromatic rings. The normalized spacial score (nSPS) is 32.1. The van der Waals surface area contributed by atoms with Crippen LogP contribution in [0.4, 0.5) is 0 Å². The van der Waals surface area contributed by atoms with Crippen molar-refractivity contribution in [1.29, 1.82) is 0 Å². The molecule has 0 spiro atoms. The zero-order valence-corrected chi connectivity index (χ0v) is 13.9. The Labute approximate surface area is 124 Å². The van der Waals surface area contributed by atoms with E-state index >= 15 is 0 Å². The third kappa shape index (κ3) is 3.72. The van der Waals surface area contributed by atoms with Crippen LogP contribution in [0.2, 0.25) is 0 Å². The molecule has 6 heteroatoms. The van der Waals surface area contributed by atoms with Gasteiger partial charge in [-0.1, -0.05) is 20.8 Å². The minimum atomic E-state index is -3.27. The summed E-state index contributed by atoms with van der Waals surface area (Å²) in [6.07, 6.45) is 2.07. The average Bonchev–Trinajstić information content (AvgIpc) is 2.63. The zero-order valence-electron chi connectivity index (χ0n) is 13.1. The Kier molecular flexibility index (Phi) is 5.45. The first-order chi connectivity index (χ1) is 9.43. The smallest absolute Gasteiger partial charge is 0.282 e. The summed E-state index contributed by atoms with van der Waals surface area (Å²) in [6.45, 7) is 12.0. The molecule has 2 atom stereocenters. The quantitative estimate of drug-likeness (QED) is 0.788. The van der Waals surface area contributed by atoms with Gasteiger partial charge in [-0.15, -0.1) is 0 Å². The molecule has 0 amide bonds. The van der Waals surface area contributed by atoms with Gasteiger partial charge in [0.1, 0.15) is 0 Å². The standard InChI is InChI=1S/C14H29N3O2S/c1-4-15-6-5-7-16(9-8-15)20(18,19)17-11-13(2)10-14(3)12-17/h13-14H,4-12H2,1-3H3/t13-,14+. The fourth-order valence-corrected chi connectivity index (χ4v) is 5.34. The summed E-state index contributed by atoms with van der Waals surface area (Å²) in [4.78, 5) is 2.33. The number of likely N-dealkylation sites (N-methyl/N-ethyl adjacent to an activating group) is 1. The Balaban J connectivity index is 2.05. The first kappa shape index (κ1) is 16.2. The Bertz CT molecular complexity index is 403. The van der Waals surface area contributed by atoms with E-state index < -0.39 is 10.2 Å². The molecule has 20 heavy (non-hydrogen) atoms. The van der Waals surface area contributed by atoms with Gasteiger partial charge in [0.15, 0.2) is 0 Å². The molecule has 0 unspecified atom stereocenters. The maximum atomic E-state index is 12.8. The Morgan fingerprint density at radius 3 is 2.20 bits per heavy atom. The van der Waals surface area contributed by atoms with Gasteiger partial charge in [0.25, 0.3) is 10.2 Å². The fraction of sp³-hybridized carbons (Fsp3) is 1.00. The van der Waals surface area contributed by atoms with Crippen molar-refractivity contribution in [3.8, 4) is 0 Å². The largest absolute Gasteiger partial charge is 0.302 e. The summed E-state index contributed by atoms with van der Waals surface area (Å²) in [5.74, 6) is 0.931. The topological polar surface area (TPSA) is 43.9 Å². The Morgan fingerprint density at radius 1 is 0.950 bits per heavy atom. The second-order valence-corrected chi connectivity index (χ2v) is 8.39. The van der Waals surface area contributed by atoms with E-state index in [1.165, 1.54) is 0 Å². The third-order valence-electron chi connectivity index (χ3n) is 4.48. The summed E-state index contributed by atoms with van der Waals surface area (Å²) < 4.78 is 29.0.